The zero-order valence-electron chi connectivity index (χ0n) is 6.56. The fourth-order valence-electron chi connectivity index (χ4n) is 1.02. The van der Waals surface area contributed by atoms with Crippen LogP contribution in [0.3, 0.4) is 0 Å². The summed E-state index contributed by atoms with van der Waals surface area (Å²) in [6.07, 6.45) is 2.29. The number of benzene rings is 1. The topological polar surface area (TPSA) is 0 Å². The molecule has 0 spiro atoms. The maximum Gasteiger partial charge on any atom is 0.0266 e. The second kappa shape index (κ2) is 5.50. The maximum atomic E-state index is 4.46. The van der Waals surface area contributed by atoms with E-state index in [2.05, 4.69) is 69.3 Å². The summed E-state index contributed by atoms with van der Waals surface area (Å²) in [6, 6.07) is 6.32. The molecule has 0 bridgehead atoms. The Morgan fingerprint density at radius 2 is 2.17 bits per heavy atom. The molecule has 0 saturated carbocycles. The molecule has 0 nitrogen and oxygen atoms in total. The van der Waals surface area contributed by atoms with E-state index in [0.29, 0.717) is 0 Å². The quantitative estimate of drug-likeness (QED) is 0.474. The number of halogens is 2. The van der Waals surface area contributed by atoms with E-state index >= 15 is 0 Å². The van der Waals surface area contributed by atoms with Gasteiger partial charge in [-0.05, 0) is 47.1 Å². The number of thiol groups is 1. The van der Waals surface area contributed by atoms with E-state index in [4.69, 9.17) is 0 Å². The highest BCUT2D eigenvalue weighted by Gasteiger charge is 2.00. The second-order valence-electron chi connectivity index (χ2n) is 2.54. The Hall–Kier alpha value is 0.780. The molecule has 3 heteroatoms. The third-order valence-electron chi connectivity index (χ3n) is 1.65. The van der Waals surface area contributed by atoms with Gasteiger partial charge in [-0.25, -0.2) is 0 Å². The molecule has 0 saturated heterocycles. The van der Waals surface area contributed by atoms with Gasteiger partial charge >= 0.3 is 0 Å². The molecule has 66 valence electrons. The van der Waals surface area contributed by atoms with Crippen LogP contribution in [0.25, 0.3) is 0 Å². The van der Waals surface area contributed by atoms with Crippen LogP contribution in [-0.2, 0) is 6.42 Å². The molecule has 0 heterocycles. The first-order valence-corrected chi connectivity index (χ1v) is 6.42. The van der Waals surface area contributed by atoms with Crippen LogP contribution in [0.2, 0.25) is 0 Å². The summed E-state index contributed by atoms with van der Waals surface area (Å²) in [5.74, 6) is 0. The molecule has 0 unspecified atom stereocenters. The van der Waals surface area contributed by atoms with Crippen molar-refractivity contribution in [1.29, 1.82) is 0 Å². The van der Waals surface area contributed by atoms with E-state index in [0.717, 1.165) is 16.6 Å². The Morgan fingerprint density at radius 1 is 1.42 bits per heavy atom. The number of aryl methyl sites for hydroxylation is 1. The van der Waals surface area contributed by atoms with Crippen molar-refractivity contribution >= 4 is 51.1 Å². The monoisotopic (exact) mass is 356 g/mol. The van der Waals surface area contributed by atoms with Crippen molar-refractivity contribution in [2.75, 3.05) is 5.33 Å². The minimum absolute atomic E-state index is 1.06. The molecule has 12 heavy (non-hydrogen) atoms. The second-order valence-corrected chi connectivity index (χ2v) is 4.94. The largest absolute Gasteiger partial charge is 0.142 e. The van der Waals surface area contributed by atoms with Gasteiger partial charge in [0, 0.05) is 13.8 Å². The summed E-state index contributed by atoms with van der Waals surface area (Å²) in [4.78, 5) is 1.14. The molecular formula is C9H10BrIS. The Labute approximate surface area is 101 Å². The Balaban J connectivity index is 2.78. The summed E-state index contributed by atoms with van der Waals surface area (Å²) < 4.78 is 1.24. The molecule has 0 aliphatic rings. The van der Waals surface area contributed by atoms with Crippen LogP contribution in [-0.4, -0.2) is 5.33 Å². The van der Waals surface area contributed by atoms with Crippen molar-refractivity contribution in [1.82, 2.24) is 0 Å². The minimum atomic E-state index is 1.06. The number of alkyl halides is 1. The molecule has 0 aliphatic heterocycles. The molecule has 0 fully saturated rings. The van der Waals surface area contributed by atoms with Crippen molar-refractivity contribution in [2.24, 2.45) is 0 Å². The van der Waals surface area contributed by atoms with Crippen molar-refractivity contribution in [2.45, 2.75) is 17.7 Å². The molecule has 0 amide bonds. The van der Waals surface area contributed by atoms with Crippen molar-refractivity contribution < 1.29 is 0 Å². The zero-order chi connectivity index (χ0) is 8.97. The lowest BCUT2D eigenvalue weighted by molar-refractivity contribution is 0.914. The molecule has 0 aliphatic carbocycles. The molecule has 0 aromatic heterocycles. The van der Waals surface area contributed by atoms with E-state index in [1.807, 2.05) is 0 Å². The van der Waals surface area contributed by atoms with E-state index in [9.17, 15) is 0 Å². The van der Waals surface area contributed by atoms with E-state index < -0.39 is 0 Å². The van der Waals surface area contributed by atoms with Gasteiger partial charge in [0.25, 0.3) is 0 Å². The van der Waals surface area contributed by atoms with E-state index in [-0.39, 0.29) is 0 Å². The first-order valence-electron chi connectivity index (χ1n) is 3.78. The third kappa shape index (κ3) is 2.92. The van der Waals surface area contributed by atoms with Crippen molar-refractivity contribution in [3.63, 3.8) is 0 Å². The summed E-state index contributed by atoms with van der Waals surface area (Å²) in [7, 11) is 0. The fourth-order valence-corrected chi connectivity index (χ4v) is 2.11. The highest BCUT2D eigenvalue weighted by atomic mass is 127. The highest BCUT2D eigenvalue weighted by molar-refractivity contribution is 14.1. The smallest absolute Gasteiger partial charge is 0.0266 e. The van der Waals surface area contributed by atoms with Gasteiger partial charge < -0.3 is 0 Å². The summed E-state index contributed by atoms with van der Waals surface area (Å²) >= 11 is 10.2. The van der Waals surface area contributed by atoms with Crippen LogP contribution in [0.5, 0.6) is 0 Å². The predicted octanol–water partition coefficient (Wildman–Crippen LogP) is 3.91. The number of rotatable bonds is 3. The van der Waals surface area contributed by atoms with Gasteiger partial charge in [-0.3, -0.25) is 0 Å². The first kappa shape index (κ1) is 10.9. The van der Waals surface area contributed by atoms with Crippen LogP contribution in [0.4, 0.5) is 0 Å². The van der Waals surface area contributed by atoms with Crippen LogP contribution in [0.15, 0.2) is 23.1 Å². The molecule has 1 aromatic carbocycles. The average molecular weight is 357 g/mol. The Bertz CT molecular complexity index is 263. The average Bonchev–Trinajstić information content (AvgIpc) is 2.08. The van der Waals surface area contributed by atoms with Crippen LogP contribution < -0.4 is 0 Å². The van der Waals surface area contributed by atoms with Gasteiger partial charge in [-0.2, -0.15) is 0 Å². The van der Waals surface area contributed by atoms with Crippen LogP contribution in [0.1, 0.15) is 12.0 Å². The maximum absolute atomic E-state index is 4.46. The normalized spacial score (nSPS) is 10.2. The van der Waals surface area contributed by atoms with Gasteiger partial charge in [-0.1, -0.05) is 28.1 Å². The third-order valence-corrected chi connectivity index (χ3v) is 4.06. The van der Waals surface area contributed by atoms with Crippen molar-refractivity contribution in [3.05, 3.63) is 27.3 Å². The molecule has 0 atom stereocenters. The zero-order valence-corrected chi connectivity index (χ0v) is 11.2. The lowest BCUT2D eigenvalue weighted by atomic mass is 10.1. The van der Waals surface area contributed by atoms with Gasteiger partial charge in [0.05, 0.1) is 0 Å². The highest BCUT2D eigenvalue weighted by Crippen LogP contribution is 2.21. The Kier molecular flexibility index (Phi) is 4.97. The van der Waals surface area contributed by atoms with Crippen LogP contribution in [0, 0.1) is 3.57 Å². The summed E-state index contributed by atoms with van der Waals surface area (Å²) in [6.45, 7) is 0. The van der Waals surface area contributed by atoms with E-state index in [1.165, 1.54) is 15.6 Å². The first-order chi connectivity index (χ1) is 5.75. The van der Waals surface area contributed by atoms with E-state index in [1.54, 1.807) is 0 Å². The number of hydrogen-bond acceptors (Lipinski definition) is 1. The van der Waals surface area contributed by atoms with Crippen LogP contribution >= 0.6 is 51.1 Å². The van der Waals surface area contributed by atoms with Gasteiger partial charge in [-0.15, -0.1) is 12.6 Å². The molecular weight excluding hydrogens is 347 g/mol. The number of hydrogen-bond donors (Lipinski definition) is 1. The summed E-state index contributed by atoms with van der Waals surface area (Å²) in [5.41, 5.74) is 1.35. The lowest BCUT2D eigenvalue weighted by Crippen LogP contribution is -1.89. The molecule has 0 radical (unpaired) electrons. The fraction of sp³-hybridized carbons (Fsp3) is 0.333. The van der Waals surface area contributed by atoms with Gasteiger partial charge in [0.1, 0.15) is 0 Å². The standard InChI is InChI=1S/C9H10BrIS/c10-6-2-4-7-3-1-5-8(11)9(7)12/h1,3,5,12H,2,4,6H2. The minimum Gasteiger partial charge on any atom is -0.142 e. The van der Waals surface area contributed by atoms with Gasteiger partial charge in [0.15, 0.2) is 0 Å². The molecule has 1 rings (SSSR count). The predicted molar refractivity (Wildman–Crippen MR) is 68.5 cm³/mol. The molecule has 1 aromatic rings. The summed E-state index contributed by atoms with van der Waals surface area (Å²) in [5, 5.41) is 1.06. The van der Waals surface area contributed by atoms with Gasteiger partial charge in [0.2, 0.25) is 0 Å². The molecule has 0 N–H and O–H groups in total. The van der Waals surface area contributed by atoms with Crippen molar-refractivity contribution in [3.8, 4) is 0 Å². The lowest BCUT2D eigenvalue weighted by Gasteiger charge is -2.04. The Morgan fingerprint density at radius 3 is 2.83 bits per heavy atom. The SMILES string of the molecule is Sc1c(I)cccc1CCCBr.